The van der Waals surface area contributed by atoms with Crippen LogP contribution in [0.5, 0.6) is 0 Å². The first-order valence-corrected chi connectivity index (χ1v) is 10.6. The number of benzene rings is 1. The molecule has 4 rings (SSSR count). The van der Waals surface area contributed by atoms with Crippen LogP contribution in [0.15, 0.2) is 24.3 Å². The van der Waals surface area contributed by atoms with Gasteiger partial charge in [0.1, 0.15) is 5.82 Å². The Kier molecular flexibility index (Phi) is 5.47. The molecule has 0 bridgehead atoms. The summed E-state index contributed by atoms with van der Waals surface area (Å²) in [5, 5.41) is 8.35. The van der Waals surface area contributed by atoms with Crippen LogP contribution in [0.3, 0.4) is 0 Å². The van der Waals surface area contributed by atoms with Crippen molar-refractivity contribution < 1.29 is 9.18 Å². The molecule has 5 nitrogen and oxygen atoms in total. The number of amides is 1. The predicted octanol–water partition coefficient (Wildman–Crippen LogP) is 3.62. The molecule has 1 aromatic heterocycles. The lowest BCUT2D eigenvalue weighted by atomic mass is 9.90. The summed E-state index contributed by atoms with van der Waals surface area (Å²) in [6.07, 6.45) is 3.98. The molecule has 2 heterocycles. The Morgan fingerprint density at radius 3 is 2.55 bits per heavy atom. The van der Waals surface area contributed by atoms with Gasteiger partial charge < -0.3 is 10.2 Å². The third-order valence-corrected chi connectivity index (χ3v) is 7.01. The Labute approximate surface area is 172 Å². The van der Waals surface area contributed by atoms with Crippen LogP contribution in [0.25, 0.3) is 0 Å². The van der Waals surface area contributed by atoms with Crippen LogP contribution in [0.1, 0.15) is 60.2 Å². The van der Waals surface area contributed by atoms with Crippen molar-refractivity contribution in [1.29, 1.82) is 0 Å². The highest BCUT2D eigenvalue weighted by molar-refractivity contribution is 5.79. The molecule has 0 radical (unpaired) electrons. The lowest BCUT2D eigenvalue weighted by Gasteiger charge is -2.28. The zero-order valence-corrected chi connectivity index (χ0v) is 17.8. The molecule has 1 saturated carbocycles. The van der Waals surface area contributed by atoms with E-state index in [1.54, 1.807) is 12.1 Å². The zero-order valence-electron chi connectivity index (χ0n) is 17.8. The smallest absolute Gasteiger partial charge is 0.223 e. The molecule has 1 aliphatic heterocycles. The third kappa shape index (κ3) is 3.70. The Hall–Kier alpha value is -2.21. The van der Waals surface area contributed by atoms with Crippen molar-refractivity contribution in [1.82, 2.24) is 20.0 Å². The van der Waals surface area contributed by atoms with Gasteiger partial charge in [-0.1, -0.05) is 18.6 Å². The molecule has 1 saturated heterocycles. The van der Waals surface area contributed by atoms with Crippen LogP contribution in [0, 0.1) is 25.6 Å². The molecule has 2 fully saturated rings. The summed E-state index contributed by atoms with van der Waals surface area (Å²) < 4.78 is 15.2. The number of hydrogen-bond donors (Lipinski definition) is 1. The van der Waals surface area contributed by atoms with Gasteiger partial charge in [-0.2, -0.15) is 5.10 Å². The maximum absolute atomic E-state index is 13.3. The SMILES string of the molecule is Cc1nn(C)c(C)c1[C@H]1[C@H](CN[C@@H]2CCC[C@H]2c2ccc(F)cc2)CC(=O)N1C. The topological polar surface area (TPSA) is 50.2 Å². The maximum Gasteiger partial charge on any atom is 0.223 e. The molecule has 2 aromatic rings. The molecular weight excluding hydrogens is 367 g/mol. The summed E-state index contributed by atoms with van der Waals surface area (Å²) in [6, 6.07) is 7.38. The fourth-order valence-electron chi connectivity index (χ4n) is 5.40. The molecule has 1 aliphatic carbocycles. The molecule has 2 aliphatic rings. The van der Waals surface area contributed by atoms with E-state index < -0.39 is 0 Å². The lowest BCUT2D eigenvalue weighted by Crippen LogP contribution is -2.37. The van der Waals surface area contributed by atoms with Gasteiger partial charge in [-0.3, -0.25) is 9.48 Å². The summed E-state index contributed by atoms with van der Waals surface area (Å²) in [5.41, 5.74) is 4.53. The number of rotatable bonds is 5. The molecule has 156 valence electrons. The zero-order chi connectivity index (χ0) is 20.7. The highest BCUT2D eigenvalue weighted by Gasteiger charge is 2.41. The van der Waals surface area contributed by atoms with Crippen LogP contribution in [0.2, 0.25) is 0 Å². The largest absolute Gasteiger partial charge is 0.338 e. The van der Waals surface area contributed by atoms with Gasteiger partial charge in [0.25, 0.3) is 0 Å². The number of nitrogens with zero attached hydrogens (tertiary/aromatic N) is 3. The minimum atomic E-state index is -0.186. The van der Waals surface area contributed by atoms with Crippen molar-refractivity contribution in [3.63, 3.8) is 0 Å². The van der Waals surface area contributed by atoms with Crippen molar-refractivity contribution in [3.8, 4) is 0 Å². The van der Waals surface area contributed by atoms with Crippen LogP contribution < -0.4 is 5.32 Å². The lowest BCUT2D eigenvalue weighted by molar-refractivity contribution is -0.127. The Balaban J connectivity index is 1.50. The molecule has 1 amide bonds. The predicted molar refractivity (Wildman–Crippen MR) is 111 cm³/mol. The third-order valence-electron chi connectivity index (χ3n) is 7.01. The molecule has 0 spiro atoms. The van der Waals surface area contributed by atoms with E-state index in [9.17, 15) is 9.18 Å². The average Bonchev–Trinajstić information content (AvgIpc) is 3.33. The van der Waals surface area contributed by atoms with Crippen molar-refractivity contribution in [3.05, 3.63) is 52.6 Å². The van der Waals surface area contributed by atoms with Crippen LogP contribution in [-0.2, 0) is 11.8 Å². The van der Waals surface area contributed by atoms with E-state index in [0.29, 0.717) is 18.4 Å². The van der Waals surface area contributed by atoms with Crippen molar-refractivity contribution in [2.75, 3.05) is 13.6 Å². The molecule has 29 heavy (non-hydrogen) atoms. The van der Waals surface area contributed by atoms with E-state index in [2.05, 4.69) is 17.3 Å². The first kappa shape index (κ1) is 20.1. The van der Waals surface area contributed by atoms with Gasteiger partial charge >= 0.3 is 0 Å². The molecule has 4 atom stereocenters. The average molecular weight is 399 g/mol. The molecule has 6 heteroatoms. The summed E-state index contributed by atoms with van der Waals surface area (Å²) >= 11 is 0. The highest BCUT2D eigenvalue weighted by atomic mass is 19.1. The monoisotopic (exact) mass is 398 g/mol. The van der Waals surface area contributed by atoms with Gasteiger partial charge in [0.2, 0.25) is 5.91 Å². The number of aromatic nitrogens is 2. The van der Waals surface area contributed by atoms with Gasteiger partial charge in [-0.15, -0.1) is 0 Å². The second kappa shape index (κ2) is 7.90. The summed E-state index contributed by atoms with van der Waals surface area (Å²) in [4.78, 5) is 14.4. The van der Waals surface area contributed by atoms with Gasteiger partial charge in [0, 0.05) is 50.3 Å². The number of carbonyl (C=O) groups excluding carboxylic acids is 1. The second-order valence-electron chi connectivity index (χ2n) is 8.73. The molecule has 0 unspecified atom stereocenters. The summed E-state index contributed by atoms with van der Waals surface area (Å²) in [7, 11) is 3.87. The van der Waals surface area contributed by atoms with E-state index in [1.807, 2.05) is 42.7 Å². The van der Waals surface area contributed by atoms with Crippen molar-refractivity contribution in [2.45, 2.75) is 57.5 Å². The fourth-order valence-corrected chi connectivity index (χ4v) is 5.40. The van der Waals surface area contributed by atoms with Crippen LogP contribution in [-0.4, -0.2) is 40.2 Å². The molecular formula is C23H31FN4O. The number of likely N-dealkylation sites (tertiary alicyclic amines) is 1. The Bertz CT molecular complexity index is 891. The summed E-state index contributed by atoms with van der Waals surface area (Å²) in [6.45, 7) is 4.92. The van der Waals surface area contributed by atoms with Crippen molar-refractivity contribution >= 4 is 5.91 Å². The van der Waals surface area contributed by atoms with Crippen LogP contribution >= 0.6 is 0 Å². The van der Waals surface area contributed by atoms with E-state index in [0.717, 1.165) is 30.8 Å². The number of carbonyl (C=O) groups is 1. The number of aryl methyl sites for hydroxylation is 2. The second-order valence-corrected chi connectivity index (χ2v) is 8.73. The van der Waals surface area contributed by atoms with Gasteiger partial charge in [-0.25, -0.2) is 4.39 Å². The number of halogens is 1. The van der Waals surface area contributed by atoms with Gasteiger partial charge in [0.05, 0.1) is 11.7 Å². The van der Waals surface area contributed by atoms with E-state index in [4.69, 9.17) is 0 Å². The van der Waals surface area contributed by atoms with Gasteiger partial charge in [-0.05, 0) is 50.3 Å². The van der Waals surface area contributed by atoms with E-state index in [1.165, 1.54) is 17.5 Å². The maximum atomic E-state index is 13.3. The number of hydrogen-bond acceptors (Lipinski definition) is 3. The normalized spacial score (nSPS) is 27.2. The molecule has 1 aromatic carbocycles. The summed E-state index contributed by atoms with van der Waals surface area (Å²) in [5.74, 6) is 0.647. The Morgan fingerprint density at radius 2 is 1.90 bits per heavy atom. The van der Waals surface area contributed by atoms with E-state index in [-0.39, 0.29) is 23.7 Å². The van der Waals surface area contributed by atoms with Crippen LogP contribution in [0.4, 0.5) is 4.39 Å². The number of nitrogens with one attached hydrogen (secondary N) is 1. The fraction of sp³-hybridized carbons (Fsp3) is 0.565. The quantitative estimate of drug-likeness (QED) is 0.837. The minimum absolute atomic E-state index is 0.0642. The van der Waals surface area contributed by atoms with E-state index >= 15 is 0 Å². The first-order valence-electron chi connectivity index (χ1n) is 10.6. The minimum Gasteiger partial charge on any atom is -0.338 e. The van der Waals surface area contributed by atoms with Gasteiger partial charge in [0.15, 0.2) is 0 Å². The molecule has 1 N–H and O–H groups in total. The first-order chi connectivity index (χ1) is 13.9. The Morgan fingerprint density at radius 1 is 1.17 bits per heavy atom. The van der Waals surface area contributed by atoms with Crippen molar-refractivity contribution in [2.24, 2.45) is 13.0 Å². The standard InChI is InChI=1S/C23H31FN4O/c1-14-22(15(2)28(4)26-14)23-17(12-21(29)27(23)3)13-25-20-7-5-6-19(20)16-8-10-18(24)11-9-16/h8-11,17,19-20,23,25H,5-7,12-13H2,1-4H3/t17-,19-,20+,23+/m0/s1. The highest BCUT2D eigenvalue weighted by Crippen LogP contribution is 2.40.